The molecule has 0 fully saturated rings. The molecule has 1 N–H and O–H groups in total. The number of aromatic hydroxyl groups is 1. The number of carbonyl (C=O) groups is 1. The monoisotopic (exact) mass is 194 g/mol. The molecule has 0 bridgehead atoms. The van der Waals surface area contributed by atoms with E-state index >= 15 is 0 Å². The molecular formula is C10H10O4. The molecule has 74 valence electrons. The molecule has 0 unspecified atom stereocenters. The molecule has 1 aromatic carbocycles. The summed E-state index contributed by atoms with van der Waals surface area (Å²) in [4.78, 5) is 10.7. The number of carbonyl (C=O) groups excluding carboxylic acids is 1. The predicted molar refractivity (Wildman–Crippen MR) is 48.1 cm³/mol. The third-order valence-electron chi connectivity index (χ3n) is 2.04. The van der Waals surface area contributed by atoms with Gasteiger partial charge in [-0.3, -0.25) is 4.79 Å². The van der Waals surface area contributed by atoms with Gasteiger partial charge in [0.05, 0.1) is 0 Å². The maximum atomic E-state index is 10.7. The van der Waals surface area contributed by atoms with Crippen LogP contribution in [0.15, 0.2) is 18.2 Å². The van der Waals surface area contributed by atoms with E-state index < -0.39 is 0 Å². The lowest BCUT2D eigenvalue weighted by Crippen LogP contribution is -2.09. The summed E-state index contributed by atoms with van der Waals surface area (Å²) in [6, 6.07) is 4.76. The van der Waals surface area contributed by atoms with E-state index in [9.17, 15) is 9.90 Å². The van der Waals surface area contributed by atoms with Crippen LogP contribution >= 0.6 is 0 Å². The van der Waals surface area contributed by atoms with Crippen molar-refractivity contribution in [1.29, 1.82) is 0 Å². The Kier molecular flexibility index (Phi) is 2.04. The average Bonchev–Trinajstić information content (AvgIpc) is 2.47. The molecule has 4 nitrogen and oxygen atoms in total. The molecule has 1 aromatic rings. The zero-order chi connectivity index (χ0) is 10.1. The third kappa shape index (κ3) is 1.51. The zero-order valence-corrected chi connectivity index (χ0v) is 7.69. The van der Waals surface area contributed by atoms with E-state index in [0.29, 0.717) is 12.4 Å². The lowest BCUT2D eigenvalue weighted by molar-refractivity contribution is -0.147. The van der Waals surface area contributed by atoms with Crippen LogP contribution in [0.5, 0.6) is 11.5 Å². The van der Waals surface area contributed by atoms with Crippen LogP contribution in [0, 0.1) is 0 Å². The number of benzene rings is 1. The minimum absolute atomic E-state index is 0.146. The van der Waals surface area contributed by atoms with Crippen LogP contribution < -0.4 is 4.74 Å². The zero-order valence-electron chi connectivity index (χ0n) is 7.69. The van der Waals surface area contributed by atoms with Crippen molar-refractivity contribution in [3.05, 3.63) is 23.8 Å². The quantitative estimate of drug-likeness (QED) is 0.686. The van der Waals surface area contributed by atoms with E-state index in [1.807, 2.05) is 0 Å². The van der Waals surface area contributed by atoms with Gasteiger partial charge >= 0.3 is 5.97 Å². The van der Waals surface area contributed by atoms with Gasteiger partial charge < -0.3 is 14.6 Å². The van der Waals surface area contributed by atoms with Gasteiger partial charge in [0.25, 0.3) is 0 Å². The van der Waals surface area contributed by atoms with Crippen LogP contribution in [-0.4, -0.2) is 17.7 Å². The van der Waals surface area contributed by atoms with Crippen LogP contribution in [0.2, 0.25) is 0 Å². The summed E-state index contributed by atoms with van der Waals surface area (Å²) in [6.45, 7) is 1.68. The molecular weight excluding hydrogens is 184 g/mol. The topological polar surface area (TPSA) is 55.8 Å². The van der Waals surface area contributed by atoms with Crippen LogP contribution in [0.4, 0.5) is 0 Å². The molecule has 1 heterocycles. The molecule has 0 aliphatic carbocycles. The van der Waals surface area contributed by atoms with E-state index in [1.54, 1.807) is 12.1 Å². The van der Waals surface area contributed by atoms with Gasteiger partial charge in [-0.2, -0.15) is 0 Å². The Morgan fingerprint density at radius 2 is 2.43 bits per heavy atom. The summed E-state index contributed by atoms with van der Waals surface area (Å²) in [6.07, 6.45) is -0.344. The fourth-order valence-corrected chi connectivity index (χ4v) is 1.47. The normalized spacial score (nSPS) is 18.5. The van der Waals surface area contributed by atoms with Crippen molar-refractivity contribution < 1.29 is 19.4 Å². The first-order valence-corrected chi connectivity index (χ1v) is 4.30. The number of fused-ring (bicyclic) bond motifs is 1. The number of ether oxygens (including phenoxy) is 2. The average molecular weight is 194 g/mol. The standard InChI is InChI=1S/C10H10O4/c1-6(11)14-10-5-13-9-4-7(12)2-3-8(9)10/h2-4,10,12H,5H2,1H3/t10-/m1/s1. The first-order chi connectivity index (χ1) is 6.66. The molecule has 1 aliphatic heterocycles. The van der Waals surface area contributed by atoms with E-state index in [4.69, 9.17) is 9.47 Å². The third-order valence-corrected chi connectivity index (χ3v) is 2.04. The van der Waals surface area contributed by atoms with E-state index in [2.05, 4.69) is 0 Å². The highest BCUT2D eigenvalue weighted by atomic mass is 16.6. The minimum Gasteiger partial charge on any atom is -0.508 e. The van der Waals surface area contributed by atoms with E-state index in [0.717, 1.165) is 5.56 Å². The molecule has 4 heteroatoms. The summed E-state index contributed by atoms with van der Waals surface area (Å²) >= 11 is 0. The molecule has 14 heavy (non-hydrogen) atoms. The van der Waals surface area contributed by atoms with Gasteiger partial charge in [-0.05, 0) is 12.1 Å². The van der Waals surface area contributed by atoms with Crippen molar-refractivity contribution in [2.75, 3.05) is 6.61 Å². The largest absolute Gasteiger partial charge is 0.508 e. The molecule has 0 aromatic heterocycles. The Balaban J connectivity index is 2.26. The van der Waals surface area contributed by atoms with Crippen LogP contribution in [0.25, 0.3) is 0 Å². The fraction of sp³-hybridized carbons (Fsp3) is 0.300. The van der Waals surface area contributed by atoms with Crippen molar-refractivity contribution >= 4 is 5.97 Å². The van der Waals surface area contributed by atoms with Crippen molar-refractivity contribution in [2.45, 2.75) is 13.0 Å². The van der Waals surface area contributed by atoms with Gasteiger partial charge in [-0.25, -0.2) is 0 Å². The Bertz CT molecular complexity index is 372. The smallest absolute Gasteiger partial charge is 0.303 e. The highest BCUT2D eigenvalue weighted by molar-refractivity contribution is 5.66. The highest BCUT2D eigenvalue weighted by Crippen LogP contribution is 2.36. The number of hydrogen-bond donors (Lipinski definition) is 1. The SMILES string of the molecule is CC(=O)O[C@@H]1COc2cc(O)ccc21. The molecule has 1 aliphatic rings. The molecule has 2 rings (SSSR count). The molecule has 0 saturated heterocycles. The van der Waals surface area contributed by atoms with Gasteiger partial charge in [-0.15, -0.1) is 0 Å². The maximum absolute atomic E-state index is 10.7. The van der Waals surface area contributed by atoms with E-state index in [-0.39, 0.29) is 17.8 Å². The lowest BCUT2D eigenvalue weighted by atomic mass is 10.1. The second kappa shape index (κ2) is 3.21. The fourth-order valence-electron chi connectivity index (χ4n) is 1.47. The van der Waals surface area contributed by atoms with Gasteiger partial charge in [-0.1, -0.05) is 0 Å². The van der Waals surface area contributed by atoms with Gasteiger partial charge in [0.2, 0.25) is 0 Å². The van der Waals surface area contributed by atoms with Crippen molar-refractivity contribution in [3.63, 3.8) is 0 Å². The Morgan fingerprint density at radius 3 is 3.14 bits per heavy atom. The summed E-state index contributed by atoms with van der Waals surface area (Å²) in [5.74, 6) is 0.392. The Labute approximate surface area is 81.1 Å². The molecule has 0 radical (unpaired) electrons. The Hall–Kier alpha value is -1.71. The first-order valence-electron chi connectivity index (χ1n) is 4.30. The summed E-state index contributed by atoms with van der Waals surface area (Å²) in [7, 11) is 0. The van der Waals surface area contributed by atoms with Gasteiger partial charge in [0, 0.05) is 18.6 Å². The van der Waals surface area contributed by atoms with Crippen LogP contribution in [-0.2, 0) is 9.53 Å². The molecule has 0 amide bonds. The summed E-state index contributed by atoms with van der Waals surface area (Å²) in [5, 5.41) is 9.18. The van der Waals surface area contributed by atoms with Gasteiger partial charge in [0.1, 0.15) is 18.1 Å². The van der Waals surface area contributed by atoms with Crippen LogP contribution in [0.1, 0.15) is 18.6 Å². The number of rotatable bonds is 1. The highest BCUT2D eigenvalue weighted by Gasteiger charge is 2.26. The summed E-state index contributed by atoms with van der Waals surface area (Å²) < 4.78 is 10.3. The molecule has 1 atom stereocenters. The minimum atomic E-state index is -0.344. The number of hydrogen-bond acceptors (Lipinski definition) is 4. The first kappa shape index (κ1) is 8.87. The number of phenols is 1. The number of phenolic OH excluding ortho intramolecular Hbond substituents is 1. The lowest BCUT2D eigenvalue weighted by Gasteiger charge is -2.08. The second-order valence-corrected chi connectivity index (χ2v) is 3.13. The molecule has 0 spiro atoms. The Morgan fingerprint density at radius 1 is 1.64 bits per heavy atom. The maximum Gasteiger partial charge on any atom is 0.303 e. The number of esters is 1. The predicted octanol–water partition coefficient (Wildman–Crippen LogP) is 1.39. The van der Waals surface area contributed by atoms with E-state index in [1.165, 1.54) is 13.0 Å². The molecule has 0 saturated carbocycles. The van der Waals surface area contributed by atoms with Crippen molar-refractivity contribution in [1.82, 2.24) is 0 Å². The van der Waals surface area contributed by atoms with Crippen LogP contribution in [0.3, 0.4) is 0 Å². The summed E-state index contributed by atoms with van der Waals surface area (Å²) in [5.41, 5.74) is 0.804. The second-order valence-electron chi connectivity index (χ2n) is 3.13. The van der Waals surface area contributed by atoms with Crippen molar-refractivity contribution in [2.24, 2.45) is 0 Å². The van der Waals surface area contributed by atoms with Gasteiger partial charge in [0.15, 0.2) is 6.10 Å². The van der Waals surface area contributed by atoms with Crippen molar-refractivity contribution in [3.8, 4) is 11.5 Å².